The maximum Gasteiger partial charge on any atom is 0.363 e. The number of hydrogen-bond donors (Lipinski definition) is 0. The quantitative estimate of drug-likeness (QED) is 0.577. The molecular formula is C21H19NO5. The van der Waals surface area contributed by atoms with Gasteiger partial charge in [0.15, 0.2) is 17.2 Å². The molecule has 0 radical (unpaired) electrons. The number of methoxy groups -OCH3 is 3. The van der Waals surface area contributed by atoms with Crippen LogP contribution < -0.4 is 14.2 Å². The number of aliphatic imine (C=N–C) groups is 1. The van der Waals surface area contributed by atoms with Gasteiger partial charge in [-0.15, -0.1) is 0 Å². The largest absolute Gasteiger partial charge is 0.496 e. The molecule has 2 aromatic carbocycles. The van der Waals surface area contributed by atoms with Gasteiger partial charge in [0, 0.05) is 11.6 Å². The Kier molecular flexibility index (Phi) is 5.56. The summed E-state index contributed by atoms with van der Waals surface area (Å²) in [5, 5.41) is 0. The number of cyclic esters (lactones) is 1. The number of ether oxygens (including phenoxy) is 4. The van der Waals surface area contributed by atoms with E-state index in [1.54, 1.807) is 57.8 Å². The lowest BCUT2D eigenvalue weighted by molar-refractivity contribution is -0.129. The van der Waals surface area contributed by atoms with Crippen molar-refractivity contribution in [1.29, 1.82) is 0 Å². The van der Waals surface area contributed by atoms with Crippen molar-refractivity contribution >= 4 is 24.0 Å². The van der Waals surface area contributed by atoms with Crippen LogP contribution in [0.3, 0.4) is 0 Å². The van der Waals surface area contributed by atoms with Gasteiger partial charge in [0.1, 0.15) is 5.75 Å². The topological polar surface area (TPSA) is 66.3 Å². The normalized spacial score (nSPS) is 15.0. The number of rotatable bonds is 6. The Balaban J connectivity index is 1.84. The zero-order chi connectivity index (χ0) is 19.2. The summed E-state index contributed by atoms with van der Waals surface area (Å²) in [5.41, 5.74) is 1.82. The highest BCUT2D eigenvalue weighted by Gasteiger charge is 2.21. The highest BCUT2D eigenvalue weighted by Crippen LogP contribution is 2.29. The van der Waals surface area contributed by atoms with Crippen LogP contribution in [0.1, 0.15) is 11.1 Å². The molecule has 6 nitrogen and oxygen atoms in total. The lowest BCUT2D eigenvalue weighted by Crippen LogP contribution is -2.01. The number of hydrogen-bond acceptors (Lipinski definition) is 6. The van der Waals surface area contributed by atoms with Crippen molar-refractivity contribution in [1.82, 2.24) is 0 Å². The van der Waals surface area contributed by atoms with Gasteiger partial charge in [0.2, 0.25) is 5.90 Å². The van der Waals surface area contributed by atoms with Gasteiger partial charge in [0.25, 0.3) is 0 Å². The van der Waals surface area contributed by atoms with Crippen molar-refractivity contribution in [2.45, 2.75) is 0 Å². The molecule has 27 heavy (non-hydrogen) atoms. The lowest BCUT2D eigenvalue weighted by atomic mass is 10.1. The minimum Gasteiger partial charge on any atom is -0.496 e. The van der Waals surface area contributed by atoms with E-state index in [1.165, 1.54) is 0 Å². The molecule has 0 aromatic heterocycles. The van der Waals surface area contributed by atoms with E-state index in [-0.39, 0.29) is 11.6 Å². The second-order valence-electron chi connectivity index (χ2n) is 5.56. The van der Waals surface area contributed by atoms with Crippen LogP contribution in [0.5, 0.6) is 17.2 Å². The highest BCUT2D eigenvalue weighted by atomic mass is 16.6. The summed E-state index contributed by atoms with van der Waals surface area (Å²) < 4.78 is 21.0. The third-order valence-electron chi connectivity index (χ3n) is 3.89. The Morgan fingerprint density at radius 2 is 1.63 bits per heavy atom. The van der Waals surface area contributed by atoms with E-state index in [4.69, 9.17) is 18.9 Å². The number of para-hydroxylation sites is 1. The van der Waals surface area contributed by atoms with Crippen LogP contribution in [0.4, 0.5) is 0 Å². The zero-order valence-corrected chi connectivity index (χ0v) is 15.3. The predicted molar refractivity (Wildman–Crippen MR) is 103 cm³/mol. The Bertz CT molecular complexity index is 943. The molecule has 6 heteroatoms. The fourth-order valence-electron chi connectivity index (χ4n) is 2.56. The Hall–Kier alpha value is -3.54. The van der Waals surface area contributed by atoms with Gasteiger partial charge in [-0.3, -0.25) is 0 Å². The second kappa shape index (κ2) is 8.23. The van der Waals surface area contributed by atoms with Crippen molar-refractivity contribution in [3.8, 4) is 17.2 Å². The van der Waals surface area contributed by atoms with Crippen molar-refractivity contribution in [3.05, 3.63) is 65.4 Å². The zero-order valence-electron chi connectivity index (χ0n) is 15.3. The van der Waals surface area contributed by atoms with E-state index in [0.717, 1.165) is 16.9 Å². The summed E-state index contributed by atoms with van der Waals surface area (Å²) in [6.07, 6.45) is 5.05. The van der Waals surface area contributed by atoms with Gasteiger partial charge in [-0.05, 0) is 35.9 Å². The van der Waals surface area contributed by atoms with Gasteiger partial charge in [0.05, 0.1) is 21.3 Å². The Labute approximate surface area is 157 Å². The summed E-state index contributed by atoms with van der Waals surface area (Å²) in [7, 11) is 4.72. The highest BCUT2D eigenvalue weighted by molar-refractivity contribution is 6.11. The molecule has 0 unspecified atom stereocenters. The third kappa shape index (κ3) is 4.17. The standard InChI is InChI=1S/C21H19NO5/c1-24-17-7-5-4-6-15(17)9-11-20-22-16(21(23)27-20)12-14-8-10-18(25-2)19(13-14)26-3/h4-13H,1-3H3. The molecule has 0 atom stereocenters. The first-order valence-corrected chi connectivity index (χ1v) is 8.20. The first kappa shape index (κ1) is 18.3. The van der Waals surface area contributed by atoms with Crippen LogP contribution in [0, 0.1) is 0 Å². The maximum absolute atomic E-state index is 12.1. The number of carbonyl (C=O) groups is 1. The lowest BCUT2D eigenvalue weighted by Gasteiger charge is -2.07. The van der Waals surface area contributed by atoms with Crippen molar-refractivity contribution < 1.29 is 23.7 Å². The number of esters is 1. The summed E-state index contributed by atoms with van der Waals surface area (Å²) in [6, 6.07) is 12.9. The van der Waals surface area contributed by atoms with Gasteiger partial charge < -0.3 is 18.9 Å². The Morgan fingerprint density at radius 3 is 2.37 bits per heavy atom. The van der Waals surface area contributed by atoms with Crippen molar-refractivity contribution in [2.24, 2.45) is 4.99 Å². The van der Waals surface area contributed by atoms with Crippen LogP contribution in [0.2, 0.25) is 0 Å². The van der Waals surface area contributed by atoms with Crippen LogP contribution in [-0.2, 0) is 9.53 Å². The monoisotopic (exact) mass is 365 g/mol. The van der Waals surface area contributed by atoms with Crippen LogP contribution in [-0.4, -0.2) is 33.2 Å². The van der Waals surface area contributed by atoms with Crippen LogP contribution in [0.25, 0.3) is 12.2 Å². The average molecular weight is 365 g/mol. The molecule has 0 saturated carbocycles. The molecule has 1 heterocycles. The number of nitrogens with zero attached hydrogens (tertiary/aromatic N) is 1. The van der Waals surface area contributed by atoms with Crippen molar-refractivity contribution in [3.63, 3.8) is 0 Å². The summed E-state index contributed by atoms with van der Waals surface area (Å²) in [6.45, 7) is 0. The molecule has 0 N–H and O–H groups in total. The van der Waals surface area contributed by atoms with Crippen LogP contribution in [0.15, 0.2) is 59.2 Å². The van der Waals surface area contributed by atoms with Crippen molar-refractivity contribution in [2.75, 3.05) is 21.3 Å². The summed E-state index contributed by atoms with van der Waals surface area (Å²) >= 11 is 0. The fourth-order valence-corrected chi connectivity index (χ4v) is 2.56. The fraction of sp³-hybridized carbons (Fsp3) is 0.143. The molecule has 0 bridgehead atoms. The van der Waals surface area contributed by atoms with Crippen LogP contribution >= 0.6 is 0 Å². The predicted octanol–water partition coefficient (Wildman–Crippen LogP) is 3.72. The SMILES string of the molecule is COc1ccccc1C=CC1=NC(=Cc2ccc(OC)c(OC)c2)C(=O)O1. The molecular weight excluding hydrogens is 346 g/mol. The third-order valence-corrected chi connectivity index (χ3v) is 3.89. The molecule has 0 spiro atoms. The van der Waals surface area contributed by atoms with E-state index in [2.05, 4.69) is 4.99 Å². The molecule has 1 aliphatic heterocycles. The molecule has 0 saturated heterocycles. The minimum atomic E-state index is -0.510. The van der Waals surface area contributed by atoms with E-state index < -0.39 is 5.97 Å². The molecule has 1 aliphatic rings. The number of carbonyl (C=O) groups excluding carboxylic acids is 1. The van der Waals surface area contributed by atoms with E-state index in [9.17, 15) is 4.79 Å². The molecule has 0 amide bonds. The molecule has 3 rings (SSSR count). The van der Waals surface area contributed by atoms with Gasteiger partial charge in [-0.25, -0.2) is 9.79 Å². The minimum absolute atomic E-state index is 0.210. The smallest absolute Gasteiger partial charge is 0.363 e. The first-order chi connectivity index (χ1) is 13.1. The van der Waals surface area contributed by atoms with Gasteiger partial charge in [-0.1, -0.05) is 24.3 Å². The van der Waals surface area contributed by atoms with E-state index in [0.29, 0.717) is 11.5 Å². The first-order valence-electron chi connectivity index (χ1n) is 8.20. The average Bonchev–Trinajstić information content (AvgIpc) is 3.05. The molecule has 2 aromatic rings. The molecule has 0 aliphatic carbocycles. The molecule has 0 fully saturated rings. The van der Waals surface area contributed by atoms with E-state index >= 15 is 0 Å². The second-order valence-corrected chi connectivity index (χ2v) is 5.56. The summed E-state index contributed by atoms with van der Waals surface area (Å²) in [5.74, 6) is 1.61. The Morgan fingerprint density at radius 1 is 0.889 bits per heavy atom. The van der Waals surface area contributed by atoms with Gasteiger partial charge >= 0.3 is 5.97 Å². The van der Waals surface area contributed by atoms with Gasteiger partial charge in [-0.2, -0.15) is 0 Å². The summed E-state index contributed by atoms with van der Waals surface area (Å²) in [4.78, 5) is 16.3. The maximum atomic E-state index is 12.1. The van der Waals surface area contributed by atoms with E-state index in [1.807, 2.05) is 24.3 Å². The number of benzene rings is 2. The molecule has 138 valence electrons.